The van der Waals surface area contributed by atoms with Crippen molar-refractivity contribution in [3.8, 4) is 5.75 Å². The summed E-state index contributed by atoms with van der Waals surface area (Å²) >= 11 is 0. The highest BCUT2D eigenvalue weighted by Crippen LogP contribution is 2.44. The molecule has 1 aliphatic heterocycles. The molecule has 7 nitrogen and oxygen atoms in total. The zero-order valence-electron chi connectivity index (χ0n) is 20.5. The first kappa shape index (κ1) is 27.1. The summed E-state index contributed by atoms with van der Waals surface area (Å²) in [6, 6.07) is 8.37. The number of halogens is 4. The first-order valence-electron chi connectivity index (χ1n) is 11.4. The summed E-state index contributed by atoms with van der Waals surface area (Å²) < 4.78 is 89.9. The number of anilines is 1. The topological polar surface area (TPSA) is 86.1 Å². The highest BCUT2D eigenvalue weighted by Gasteiger charge is 2.34. The Kier molecular flexibility index (Phi) is 7.45. The first-order valence-corrected chi connectivity index (χ1v) is 12.9. The van der Waals surface area contributed by atoms with Gasteiger partial charge in [0.1, 0.15) is 11.4 Å². The van der Waals surface area contributed by atoms with Crippen LogP contribution in [-0.4, -0.2) is 36.0 Å². The molecule has 3 heterocycles. The van der Waals surface area contributed by atoms with Crippen molar-refractivity contribution in [2.24, 2.45) is 7.05 Å². The lowest BCUT2D eigenvalue weighted by Crippen LogP contribution is -2.19. The van der Waals surface area contributed by atoms with Gasteiger partial charge in [-0.25, -0.2) is 13.4 Å². The number of allylic oxidation sites excluding steroid dienone is 5. The maximum atomic E-state index is 13.9. The van der Waals surface area contributed by atoms with Crippen LogP contribution in [0.2, 0.25) is 0 Å². The van der Waals surface area contributed by atoms with Gasteiger partial charge in [0.25, 0.3) is 10.0 Å². The van der Waals surface area contributed by atoms with Gasteiger partial charge in [0.15, 0.2) is 0 Å². The maximum Gasteiger partial charge on any atom is 0.416 e. The summed E-state index contributed by atoms with van der Waals surface area (Å²) in [5.74, 6) is -1.20. The van der Waals surface area contributed by atoms with Crippen molar-refractivity contribution in [2.45, 2.75) is 30.3 Å². The van der Waals surface area contributed by atoms with Gasteiger partial charge in [-0.1, -0.05) is 18.7 Å². The number of nitrogens with one attached hydrogen (secondary N) is 1. The Bertz CT molecular complexity index is 1540. The number of nitrogens with zero attached hydrogens (tertiary/aromatic N) is 3. The molecule has 0 radical (unpaired) electrons. The minimum atomic E-state index is -4.57. The summed E-state index contributed by atoms with van der Waals surface area (Å²) in [5.41, 5.74) is 0.500. The zero-order chi connectivity index (χ0) is 27.7. The number of hydrogen-bond donors (Lipinski definition) is 1. The SMILES string of the molecule is C=C(/C(=C\C(=C/C)C(F)(F)F)c1ccnn1C)[C@@H]1CCOc2cc(S(=O)(=O)Nc3cccnc3F)ccc21. The predicted octanol–water partition coefficient (Wildman–Crippen LogP) is 5.77. The van der Waals surface area contributed by atoms with Crippen molar-refractivity contribution in [1.82, 2.24) is 14.8 Å². The summed E-state index contributed by atoms with van der Waals surface area (Å²) in [5, 5.41) is 4.09. The van der Waals surface area contributed by atoms with E-state index in [1.807, 2.05) is 0 Å². The molecular formula is C26H24F4N4O3S. The van der Waals surface area contributed by atoms with Crippen LogP contribution in [0.25, 0.3) is 5.57 Å². The van der Waals surface area contributed by atoms with Crippen molar-refractivity contribution < 1.29 is 30.7 Å². The van der Waals surface area contributed by atoms with E-state index >= 15 is 0 Å². The number of pyridine rings is 1. The van der Waals surface area contributed by atoms with E-state index in [0.717, 1.165) is 12.2 Å². The molecule has 0 spiro atoms. The Labute approximate surface area is 217 Å². The van der Waals surface area contributed by atoms with Crippen molar-refractivity contribution in [3.63, 3.8) is 0 Å². The van der Waals surface area contributed by atoms with Gasteiger partial charge in [0.2, 0.25) is 5.95 Å². The third-order valence-electron chi connectivity index (χ3n) is 6.14. The predicted molar refractivity (Wildman–Crippen MR) is 134 cm³/mol. The highest BCUT2D eigenvalue weighted by atomic mass is 32.2. The summed E-state index contributed by atoms with van der Waals surface area (Å²) in [4.78, 5) is 3.25. The fourth-order valence-electron chi connectivity index (χ4n) is 4.21. The Balaban J connectivity index is 1.72. The van der Waals surface area contributed by atoms with E-state index in [2.05, 4.69) is 21.4 Å². The van der Waals surface area contributed by atoms with Gasteiger partial charge < -0.3 is 4.74 Å². The molecule has 0 aliphatic carbocycles. The van der Waals surface area contributed by atoms with E-state index in [-0.39, 0.29) is 28.5 Å². The third kappa shape index (κ3) is 5.49. The second-order valence-electron chi connectivity index (χ2n) is 8.50. The molecule has 0 saturated heterocycles. The Morgan fingerprint density at radius 3 is 2.63 bits per heavy atom. The molecule has 3 aromatic rings. The van der Waals surface area contributed by atoms with Gasteiger partial charge >= 0.3 is 6.18 Å². The number of fused-ring (bicyclic) bond motifs is 1. The molecule has 4 rings (SSSR count). The molecule has 0 amide bonds. The van der Waals surface area contributed by atoms with Crippen molar-refractivity contribution in [2.75, 3.05) is 11.3 Å². The normalized spacial score (nSPS) is 16.5. The number of alkyl halides is 3. The van der Waals surface area contributed by atoms with Crippen LogP contribution < -0.4 is 9.46 Å². The van der Waals surface area contributed by atoms with Crippen molar-refractivity contribution in [3.05, 3.63) is 95.9 Å². The van der Waals surface area contributed by atoms with E-state index in [0.29, 0.717) is 23.3 Å². The molecule has 0 fully saturated rings. The second-order valence-corrected chi connectivity index (χ2v) is 10.2. The quantitative estimate of drug-likeness (QED) is 0.230. The molecule has 0 unspecified atom stereocenters. The van der Waals surface area contributed by atoms with Crippen LogP contribution in [0.15, 0.2) is 83.6 Å². The number of aromatic nitrogens is 3. The Hall–Kier alpha value is -3.93. The van der Waals surface area contributed by atoms with E-state index in [1.165, 1.54) is 54.3 Å². The molecule has 0 bridgehead atoms. The van der Waals surface area contributed by atoms with Crippen LogP contribution in [0.5, 0.6) is 5.75 Å². The average molecular weight is 549 g/mol. The fraction of sp³-hybridized carbons (Fsp3) is 0.231. The minimum Gasteiger partial charge on any atom is -0.493 e. The van der Waals surface area contributed by atoms with E-state index in [1.54, 1.807) is 13.1 Å². The lowest BCUT2D eigenvalue weighted by Gasteiger charge is -2.29. The molecule has 0 saturated carbocycles. The van der Waals surface area contributed by atoms with Crippen molar-refractivity contribution in [1.29, 1.82) is 0 Å². The third-order valence-corrected chi connectivity index (χ3v) is 7.50. The molecule has 12 heteroatoms. The highest BCUT2D eigenvalue weighted by molar-refractivity contribution is 7.92. The lowest BCUT2D eigenvalue weighted by molar-refractivity contribution is -0.0882. The summed E-state index contributed by atoms with van der Waals surface area (Å²) in [6.07, 6.45) is 0.526. The largest absolute Gasteiger partial charge is 0.493 e. The van der Waals surface area contributed by atoms with Crippen LogP contribution in [0.1, 0.15) is 30.5 Å². The smallest absolute Gasteiger partial charge is 0.416 e. The number of ether oxygens (including phenoxy) is 1. The number of rotatable bonds is 7. The van der Waals surface area contributed by atoms with Crippen LogP contribution in [0.4, 0.5) is 23.2 Å². The van der Waals surface area contributed by atoms with Crippen LogP contribution >= 0.6 is 0 Å². The Morgan fingerprint density at radius 1 is 1.24 bits per heavy atom. The molecule has 38 heavy (non-hydrogen) atoms. The van der Waals surface area contributed by atoms with Crippen LogP contribution in [0.3, 0.4) is 0 Å². The monoisotopic (exact) mass is 548 g/mol. The van der Waals surface area contributed by atoms with E-state index in [4.69, 9.17) is 4.74 Å². The Morgan fingerprint density at radius 2 is 2.00 bits per heavy atom. The number of hydrogen-bond acceptors (Lipinski definition) is 5. The van der Waals surface area contributed by atoms with E-state index < -0.39 is 33.6 Å². The maximum absolute atomic E-state index is 13.9. The standard InChI is InChI=1S/C26H24F4N4O3S/c1-4-17(26(28,29)30)14-21(23-9-12-32-34(23)3)16(2)19-10-13-37-24-15-18(7-8-20(19)24)38(35,36)33-22-6-5-11-31-25(22)27/h4-9,11-12,14-15,19,33H,2,10,13H2,1,3H3/b17-4+,21-14+/t19-/m0/s1. The van der Waals surface area contributed by atoms with Gasteiger partial charge in [-0.3, -0.25) is 9.40 Å². The van der Waals surface area contributed by atoms with Crippen LogP contribution in [-0.2, 0) is 17.1 Å². The van der Waals surface area contributed by atoms with Gasteiger partial charge in [0.05, 0.1) is 22.8 Å². The van der Waals surface area contributed by atoms with Crippen molar-refractivity contribution >= 4 is 21.3 Å². The average Bonchev–Trinajstić information content (AvgIpc) is 3.29. The molecule has 1 N–H and O–H groups in total. The molecule has 2 aromatic heterocycles. The zero-order valence-corrected chi connectivity index (χ0v) is 21.3. The van der Waals surface area contributed by atoms with Crippen LogP contribution in [0, 0.1) is 5.95 Å². The van der Waals surface area contributed by atoms with Gasteiger partial charge in [0, 0.05) is 42.6 Å². The minimum absolute atomic E-state index is 0.179. The molecule has 1 aliphatic rings. The molecule has 200 valence electrons. The molecule has 1 aromatic carbocycles. The lowest BCUT2D eigenvalue weighted by atomic mass is 9.82. The number of sulfonamides is 1. The van der Waals surface area contributed by atoms with E-state index in [9.17, 15) is 26.0 Å². The first-order chi connectivity index (χ1) is 17.9. The second kappa shape index (κ2) is 10.4. The number of benzene rings is 1. The number of aryl methyl sites for hydroxylation is 1. The fourth-order valence-corrected chi connectivity index (χ4v) is 5.28. The van der Waals surface area contributed by atoms with Gasteiger partial charge in [-0.2, -0.15) is 22.7 Å². The molecular weight excluding hydrogens is 524 g/mol. The van der Waals surface area contributed by atoms with Gasteiger partial charge in [-0.15, -0.1) is 0 Å². The molecule has 1 atom stereocenters. The summed E-state index contributed by atoms with van der Waals surface area (Å²) in [7, 11) is -2.57. The summed E-state index contributed by atoms with van der Waals surface area (Å²) in [6.45, 7) is 5.63. The van der Waals surface area contributed by atoms with Gasteiger partial charge in [-0.05, 0) is 49.3 Å².